The van der Waals surface area contributed by atoms with E-state index in [2.05, 4.69) is 11.5 Å². The van der Waals surface area contributed by atoms with Gasteiger partial charge in [0.1, 0.15) is 5.82 Å². The fraction of sp³-hybridized carbons (Fsp3) is 0.280. The van der Waals surface area contributed by atoms with Crippen molar-refractivity contribution in [3.63, 3.8) is 0 Å². The SMILES string of the molecule is C=CCN(Cc1cccn1Cc1ccccc1F)CC(O)COCc1ccccc1. The molecule has 0 radical (unpaired) electrons. The Bertz CT molecular complexity index is 910. The zero-order chi connectivity index (χ0) is 21.2. The lowest BCUT2D eigenvalue weighted by Gasteiger charge is -2.24. The van der Waals surface area contributed by atoms with Gasteiger partial charge in [-0.05, 0) is 23.8 Å². The Hall–Kier alpha value is -2.73. The van der Waals surface area contributed by atoms with E-state index in [1.165, 1.54) is 6.07 Å². The highest BCUT2D eigenvalue weighted by Gasteiger charge is 2.14. The average molecular weight is 409 g/mol. The van der Waals surface area contributed by atoms with Gasteiger partial charge in [-0.1, -0.05) is 54.6 Å². The van der Waals surface area contributed by atoms with E-state index in [0.29, 0.717) is 38.3 Å². The number of benzene rings is 2. The summed E-state index contributed by atoms with van der Waals surface area (Å²) in [4.78, 5) is 2.11. The number of rotatable bonds is 12. The van der Waals surface area contributed by atoms with Crippen molar-refractivity contribution in [3.8, 4) is 0 Å². The Kier molecular flexibility index (Phi) is 8.39. The lowest BCUT2D eigenvalue weighted by molar-refractivity contribution is 0.0101. The third-order valence-corrected chi connectivity index (χ3v) is 4.89. The summed E-state index contributed by atoms with van der Waals surface area (Å²) in [6, 6.07) is 20.7. The van der Waals surface area contributed by atoms with Crippen molar-refractivity contribution in [1.82, 2.24) is 9.47 Å². The Labute approximate surface area is 177 Å². The van der Waals surface area contributed by atoms with Crippen LogP contribution in [0, 0.1) is 5.82 Å². The van der Waals surface area contributed by atoms with Gasteiger partial charge in [0, 0.05) is 37.1 Å². The molecule has 1 N–H and O–H groups in total. The van der Waals surface area contributed by atoms with Crippen LogP contribution in [0.3, 0.4) is 0 Å². The van der Waals surface area contributed by atoms with Gasteiger partial charge in [-0.3, -0.25) is 4.90 Å². The lowest BCUT2D eigenvalue weighted by atomic mass is 10.2. The van der Waals surface area contributed by atoms with Gasteiger partial charge in [0.15, 0.2) is 0 Å². The molecular formula is C25H29FN2O2. The van der Waals surface area contributed by atoms with Crippen LogP contribution in [-0.4, -0.2) is 40.4 Å². The molecule has 158 valence electrons. The summed E-state index contributed by atoms with van der Waals surface area (Å²) in [5.74, 6) is -0.203. The van der Waals surface area contributed by atoms with Crippen molar-refractivity contribution in [3.05, 3.63) is 108 Å². The third-order valence-electron chi connectivity index (χ3n) is 4.89. The topological polar surface area (TPSA) is 37.6 Å². The molecule has 0 bridgehead atoms. The summed E-state index contributed by atoms with van der Waals surface area (Å²) < 4.78 is 21.7. The number of nitrogens with zero attached hydrogens (tertiary/aromatic N) is 2. The Morgan fingerprint density at radius 2 is 1.83 bits per heavy atom. The number of hydrogen-bond acceptors (Lipinski definition) is 3. The second-order valence-corrected chi connectivity index (χ2v) is 7.36. The van der Waals surface area contributed by atoms with E-state index in [0.717, 1.165) is 11.3 Å². The van der Waals surface area contributed by atoms with Crippen LogP contribution in [0.5, 0.6) is 0 Å². The molecule has 3 rings (SSSR count). The maximum absolute atomic E-state index is 14.0. The van der Waals surface area contributed by atoms with Crippen molar-refractivity contribution >= 4 is 0 Å². The molecule has 0 aliphatic rings. The van der Waals surface area contributed by atoms with Crippen LogP contribution < -0.4 is 0 Å². The molecule has 0 saturated heterocycles. The highest BCUT2D eigenvalue weighted by atomic mass is 19.1. The van der Waals surface area contributed by atoms with Crippen molar-refractivity contribution < 1.29 is 14.2 Å². The number of hydrogen-bond donors (Lipinski definition) is 1. The molecule has 1 unspecified atom stereocenters. The van der Waals surface area contributed by atoms with E-state index in [-0.39, 0.29) is 12.4 Å². The van der Waals surface area contributed by atoms with Crippen molar-refractivity contribution in [2.24, 2.45) is 0 Å². The summed E-state index contributed by atoms with van der Waals surface area (Å²) in [5, 5.41) is 10.4. The summed E-state index contributed by atoms with van der Waals surface area (Å²) >= 11 is 0. The first kappa shape index (κ1) is 22.0. The van der Waals surface area contributed by atoms with Gasteiger partial charge < -0.3 is 14.4 Å². The molecule has 0 fully saturated rings. The van der Waals surface area contributed by atoms with Gasteiger partial charge >= 0.3 is 0 Å². The van der Waals surface area contributed by atoms with E-state index in [1.54, 1.807) is 12.1 Å². The third kappa shape index (κ3) is 6.66. The molecule has 0 aliphatic carbocycles. The normalized spacial score (nSPS) is 12.2. The average Bonchev–Trinajstić information content (AvgIpc) is 3.17. The minimum atomic E-state index is -0.608. The zero-order valence-electron chi connectivity index (χ0n) is 17.2. The van der Waals surface area contributed by atoms with Crippen LogP contribution >= 0.6 is 0 Å². The summed E-state index contributed by atoms with van der Waals surface area (Å²) in [6.45, 7) is 6.77. The van der Waals surface area contributed by atoms with E-state index in [1.807, 2.05) is 65.4 Å². The standard InChI is InChI=1S/C25H29FN2O2/c1-2-14-27(18-24(29)20-30-19-21-9-4-3-5-10-21)17-23-12-8-15-28(23)16-22-11-6-7-13-25(22)26/h2-13,15,24,29H,1,14,16-20H2. The van der Waals surface area contributed by atoms with Crippen LogP contribution in [0.4, 0.5) is 4.39 Å². The van der Waals surface area contributed by atoms with Crippen LogP contribution in [0.15, 0.2) is 85.6 Å². The Balaban J connectivity index is 1.54. The molecule has 1 atom stereocenters. The number of aromatic nitrogens is 1. The van der Waals surface area contributed by atoms with Gasteiger partial charge in [0.2, 0.25) is 0 Å². The summed E-state index contributed by atoms with van der Waals surface area (Å²) in [6.07, 6.45) is 3.17. The molecule has 4 nitrogen and oxygen atoms in total. The minimum absolute atomic E-state index is 0.203. The first-order chi connectivity index (χ1) is 14.7. The van der Waals surface area contributed by atoms with E-state index < -0.39 is 6.10 Å². The highest BCUT2D eigenvalue weighted by molar-refractivity contribution is 5.19. The van der Waals surface area contributed by atoms with Gasteiger partial charge in [-0.15, -0.1) is 6.58 Å². The summed E-state index contributed by atoms with van der Waals surface area (Å²) in [5.41, 5.74) is 2.79. The predicted molar refractivity (Wildman–Crippen MR) is 118 cm³/mol. The maximum Gasteiger partial charge on any atom is 0.128 e. The monoisotopic (exact) mass is 408 g/mol. The quantitative estimate of drug-likeness (QED) is 0.456. The molecule has 0 aliphatic heterocycles. The Morgan fingerprint density at radius 1 is 1.07 bits per heavy atom. The Morgan fingerprint density at radius 3 is 2.60 bits per heavy atom. The highest BCUT2D eigenvalue weighted by Crippen LogP contribution is 2.13. The second-order valence-electron chi connectivity index (χ2n) is 7.36. The fourth-order valence-electron chi connectivity index (χ4n) is 3.41. The van der Waals surface area contributed by atoms with E-state index in [4.69, 9.17) is 4.74 Å². The molecule has 0 amide bonds. The molecule has 30 heavy (non-hydrogen) atoms. The molecule has 2 aromatic carbocycles. The van der Waals surface area contributed by atoms with Crippen LogP contribution in [0.1, 0.15) is 16.8 Å². The number of ether oxygens (including phenoxy) is 1. The number of halogens is 1. The molecule has 3 aromatic rings. The lowest BCUT2D eigenvalue weighted by Crippen LogP contribution is -2.35. The maximum atomic E-state index is 14.0. The van der Waals surface area contributed by atoms with Crippen molar-refractivity contribution in [2.45, 2.75) is 25.8 Å². The van der Waals surface area contributed by atoms with E-state index >= 15 is 0 Å². The molecule has 0 spiro atoms. The second kappa shape index (κ2) is 11.5. The van der Waals surface area contributed by atoms with Crippen LogP contribution in [0.2, 0.25) is 0 Å². The smallest absolute Gasteiger partial charge is 0.128 e. The first-order valence-electron chi connectivity index (χ1n) is 10.2. The van der Waals surface area contributed by atoms with Crippen LogP contribution in [0.25, 0.3) is 0 Å². The molecule has 1 aromatic heterocycles. The molecule has 1 heterocycles. The van der Waals surface area contributed by atoms with Gasteiger partial charge in [0.25, 0.3) is 0 Å². The van der Waals surface area contributed by atoms with Crippen molar-refractivity contribution in [1.29, 1.82) is 0 Å². The number of aliphatic hydroxyl groups is 1. The van der Waals surface area contributed by atoms with Gasteiger partial charge in [-0.25, -0.2) is 4.39 Å². The summed E-state index contributed by atoms with van der Waals surface area (Å²) in [7, 11) is 0. The predicted octanol–water partition coefficient (Wildman–Crippen LogP) is 4.24. The van der Waals surface area contributed by atoms with Gasteiger partial charge in [0.05, 0.1) is 25.9 Å². The van der Waals surface area contributed by atoms with Crippen LogP contribution in [-0.2, 0) is 24.4 Å². The molecule has 0 saturated carbocycles. The van der Waals surface area contributed by atoms with Crippen molar-refractivity contribution in [2.75, 3.05) is 19.7 Å². The molecular weight excluding hydrogens is 379 g/mol. The minimum Gasteiger partial charge on any atom is -0.389 e. The zero-order valence-corrected chi connectivity index (χ0v) is 17.2. The fourth-order valence-corrected chi connectivity index (χ4v) is 3.41. The molecule has 5 heteroatoms. The largest absolute Gasteiger partial charge is 0.389 e. The number of aliphatic hydroxyl groups excluding tert-OH is 1. The van der Waals surface area contributed by atoms with Gasteiger partial charge in [-0.2, -0.15) is 0 Å². The van der Waals surface area contributed by atoms with E-state index in [9.17, 15) is 9.50 Å². The first-order valence-corrected chi connectivity index (χ1v) is 10.2.